The highest BCUT2D eigenvalue weighted by molar-refractivity contribution is 5.90. The number of hydrogen-bond donors (Lipinski definition) is 1. The summed E-state index contributed by atoms with van der Waals surface area (Å²) in [4.78, 5) is 13.8. The van der Waals surface area contributed by atoms with Gasteiger partial charge in [0.2, 0.25) is 6.79 Å². The highest BCUT2D eigenvalue weighted by Crippen LogP contribution is 2.35. The lowest BCUT2D eigenvalue weighted by Crippen LogP contribution is -2.35. The summed E-state index contributed by atoms with van der Waals surface area (Å²) in [6.45, 7) is 4.49. The molecule has 7 nitrogen and oxygen atoms in total. The van der Waals surface area contributed by atoms with E-state index < -0.39 is 5.97 Å². The topological polar surface area (TPSA) is 73.2 Å². The Morgan fingerprint density at radius 2 is 1.74 bits per heavy atom. The van der Waals surface area contributed by atoms with Crippen LogP contribution in [-0.2, 0) is 13.0 Å². The summed E-state index contributed by atoms with van der Waals surface area (Å²) in [7, 11) is 0. The fraction of sp³-hybridized carbons (Fsp3) is 0.323. The van der Waals surface area contributed by atoms with Gasteiger partial charge in [0.25, 0.3) is 0 Å². The van der Waals surface area contributed by atoms with Crippen LogP contribution < -0.4 is 14.2 Å². The van der Waals surface area contributed by atoms with Gasteiger partial charge >= 0.3 is 5.97 Å². The van der Waals surface area contributed by atoms with Gasteiger partial charge in [-0.15, -0.1) is 0 Å². The fourth-order valence-electron chi connectivity index (χ4n) is 5.65. The van der Waals surface area contributed by atoms with Crippen LogP contribution in [0.1, 0.15) is 40.2 Å². The van der Waals surface area contributed by atoms with Crippen LogP contribution >= 0.6 is 0 Å². The number of benzene rings is 3. The molecule has 38 heavy (non-hydrogen) atoms. The van der Waals surface area contributed by atoms with Gasteiger partial charge in [-0.2, -0.15) is 0 Å². The smallest absolute Gasteiger partial charge is 0.339 e. The molecule has 6 rings (SSSR count). The lowest BCUT2D eigenvalue weighted by atomic mass is 9.89. The molecule has 1 aromatic heterocycles. The number of piperidine rings is 1. The van der Waals surface area contributed by atoms with Gasteiger partial charge in [-0.1, -0.05) is 36.4 Å². The van der Waals surface area contributed by atoms with Gasteiger partial charge in [0.15, 0.2) is 11.5 Å². The molecule has 0 amide bonds. The first kappa shape index (κ1) is 24.4. The average molecular weight is 513 g/mol. The molecule has 196 valence electrons. The Bertz CT molecular complexity index is 1440. The van der Waals surface area contributed by atoms with E-state index in [1.807, 2.05) is 6.07 Å². The van der Waals surface area contributed by atoms with E-state index in [9.17, 15) is 9.90 Å². The Hall–Kier alpha value is -3.97. The highest BCUT2D eigenvalue weighted by atomic mass is 16.7. The lowest BCUT2D eigenvalue weighted by Gasteiger charge is -2.31. The van der Waals surface area contributed by atoms with E-state index in [2.05, 4.69) is 52.1 Å². The molecule has 1 N–H and O–H groups in total. The zero-order valence-corrected chi connectivity index (χ0v) is 21.3. The standard InChI is InChI=1S/C31H32N2O5/c34-31(35)25-6-2-4-8-28(25)36-18-17-32-14-12-23(13-15-32)26-20-33(27-7-3-1-5-24(26)27)16-11-22-9-10-29-30(19-22)38-21-37-29/h1-10,19-20,23H,11-18,21H2,(H,34,35). The van der Waals surface area contributed by atoms with E-state index >= 15 is 0 Å². The SMILES string of the molecule is O=C(O)c1ccccc1OCCN1CCC(c2cn(CCc3ccc4c(c3)OCO4)c3ccccc23)CC1. The average Bonchev–Trinajstić information content (AvgIpc) is 3.57. The molecule has 3 aromatic carbocycles. The number of rotatable bonds is 9. The predicted octanol–water partition coefficient (Wildman–Crippen LogP) is 5.57. The zero-order chi connectivity index (χ0) is 25.9. The third-order valence-corrected chi connectivity index (χ3v) is 7.71. The highest BCUT2D eigenvalue weighted by Gasteiger charge is 2.24. The number of nitrogens with zero attached hydrogens (tertiary/aromatic N) is 2. The Morgan fingerprint density at radius 3 is 2.61 bits per heavy atom. The minimum Gasteiger partial charge on any atom is -0.491 e. The van der Waals surface area contributed by atoms with Crippen molar-refractivity contribution in [2.24, 2.45) is 0 Å². The van der Waals surface area contributed by atoms with Crippen LogP contribution in [0.3, 0.4) is 0 Å². The molecule has 7 heteroatoms. The molecule has 0 aliphatic carbocycles. The summed E-state index contributed by atoms with van der Waals surface area (Å²) >= 11 is 0. The number of aromatic carboxylic acids is 1. The summed E-state index contributed by atoms with van der Waals surface area (Å²) in [6, 6.07) is 21.8. The number of aromatic nitrogens is 1. The molecule has 0 spiro atoms. The molecule has 0 bridgehead atoms. The van der Waals surface area contributed by atoms with Crippen LogP contribution in [0.5, 0.6) is 17.2 Å². The van der Waals surface area contributed by atoms with Gasteiger partial charge in [-0.3, -0.25) is 4.90 Å². The number of carbonyl (C=O) groups is 1. The predicted molar refractivity (Wildman–Crippen MR) is 146 cm³/mol. The minimum atomic E-state index is -0.962. The number of aryl methyl sites for hydroxylation is 2. The number of carboxylic acid groups (broad SMARTS) is 1. The molecular formula is C31H32N2O5. The summed E-state index contributed by atoms with van der Waals surface area (Å²) in [5.74, 6) is 1.66. The van der Waals surface area contributed by atoms with Crippen LogP contribution in [0.4, 0.5) is 0 Å². The van der Waals surface area contributed by atoms with Gasteiger partial charge in [-0.25, -0.2) is 4.79 Å². The molecule has 2 aliphatic rings. The maximum absolute atomic E-state index is 11.4. The number of para-hydroxylation sites is 2. The van der Waals surface area contributed by atoms with Gasteiger partial charge in [0, 0.05) is 30.2 Å². The Morgan fingerprint density at radius 1 is 0.947 bits per heavy atom. The van der Waals surface area contributed by atoms with Crippen molar-refractivity contribution in [2.75, 3.05) is 33.0 Å². The number of fused-ring (bicyclic) bond motifs is 2. The number of hydrogen-bond acceptors (Lipinski definition) is 5. The van der Waals surface area contributed by atoms with Crippen LogP contribution in [0, 0.1) is 0 Å². The van der Waals surface area contributed by atoms with Crippen molar-refractivity contribution in [3.63, 3.8) is 0 Å². The summed E-state index contributed by atoms with van der Waals surface area (Å²) in [5.41, 5.74) is 4.19. The minimum absolute atomic E-state index is 0.209. The van der Waals surface area contributed by atoms with Gasteiger partial charge in [0.05, 0.1) is 0 Å². The van der Waals surface area contributed by atoms with Crippen LogP contribution in [-0.4, -0.2) is 53.6 Å². The first-order chi connectivity index (χ1) is 18.7. The second-order valence-electron chi connectivity index (χ2n) is 10.00. The monoisotopic (exact) mass is 512 g/mol. The number of likely N-dealkylation sites (tertiary alicyclic amines) is 1. The maximum atomic E-state index is 11.4. The molecular weight excluding hydrogens is 480 g/mol. The van der Waals surface area contributed by atoms with Crippen molar-refractivity contribution >= 4 is 16.9 Å². The molecule has 4 aromatic rings. The van der Waals surface area contributed by atoms with Crippen LogP contribution in [0.25, 0.3) is 10.9 Å². The molecule has 2 aliphatic heterocycles. The molecule has 0 radical (unpaired) electrons. The zero-order valence-electron chi connectivity index (χ0n) is 21.3. The molecule has 3 heterocycles. The Kier molecular flexibility index (Phi) is 6.92. The quantitative estimate of drug-likeness (QED) is 0.316. The van der Waals surface area contributed by atoms with Crippen LogP contribution in [0.2, 0.25) is 0 Å². The molecule has 1 saturated heterocycles. The van der Waals surface area contributed by atoms with E-state index in [0.717, 1.165) is 56.9 Å². The van der Waals surface area contributed by atoms with E-state index in [4.69, 9.17) is 14.2 Å². The third-order valence-electron chi connectivity index (χ3n) is 7.71. The van der Waals surface area contributed by atoms with E-state index in [-0.39, 0.29) is 5.56 Å². The largest absolute Gasteiger partial charge is 0.491 e. The Labute approximate surface area is 222 Å². The van der Waals surface area contributed by atoms with Crippen molar-refractivity contribution in [1.82, 2.24) is 9.47 Å². The van der Waals surface area contributed by atoms with E-state index in [1.165, 1.54) is 22.0 Å². The van der Waals surface area contributed by atoms with Crippen molar-refractivity contribution in [1.29, 1.82) is 0 Å². The van der Waals surface area contributed by atoms with Crippen molar-refractivity contribution < 1.29 is 24.1 Å². The maximum Gasteiger partial charge on any atom is 0.339 e. The summed E-state index contributed by atoms with van der Waals surface area (Å²) < 4.78 is 19.2. The van der Waals surface area contributed by atoms with Gasteiger partial charge in [0.1, 0.15) is 17.9 Å². The van der Waals surface area contributed by atoms with E-state index in [0.29, 0.717) is 25.1 Å². The summed E-state index contributed by atoms with van der Waals surface area (Å²) in [5, 5.41) is 10.7. The van der Waals surface area contributed by atoms with Gasteiger partial charge < -0.3 is 23.9 Å². The van der Waals surface area contributed by atoms with Crippen molar-refractivity contribution in [3.8, 4) is 17.2 Å². The molecule has 1 fully saturated rings. The lowest BCUT2D eigenvalue weighted by molar-refractivity contribution is 0.0691. The number of carboxylic acids is 1. The number of ether oxygens (including phenoxy) is 3. The Balaban J connectivity index is 1.07. The summed E-state index contributed by atoms with van der Waals surface area (Å²) in [6.07, 6.45) is 5.49. The second-order valence-corrected chi connectivity index (χ2v) is 10.00. The second kappa shape index (κ2) is 10.8. The fourth-order valence-corrected chi connectivity index (χ4v) is 5.65. The van der Waals surface area contributed by atoms with Crippen molar-refractivity contribution in [2.45, 2.75) is 31.7 Å². The van der Waals surface area contributed by atoms with Gasteiger partial charge in [-0.05, 0) is 79.7 Å². The van der Waals surface area contributed by atoms with E-state index in [1.54, 1.807) is 24.3 Å². The third kappa shape index (κ3) is 5.07. The first-order valence-electron chi connectivity index (χ1n) is 13.3. The normalized spacial score (nSPS) is 15.7. The molecule has 0 saturated carbocycles. The van der Waals surface area contributed by atoms with Crippen molar-refractivity contribution in [3.05, 3.63) is 89.6 Å². The van der Waals surface area contributed by atoms with Crippen LogP contribution in [0.15, 0.2) is 72.9 Å². The molecule has 0 atom stereocenters. The first-order valence-corrected chi connectivity index (χ1v) is 13.3. The molecule has 0 unspecified atom stereocenters.